The number of aliphatic hydroxyl groups excluding tert-OH is 2. The molecular weight excluding hydrogens is 967 g/mol. The predicted octanol–water partition coefficient (Wildman–Crippen LogP) is 4.39. The predicted molar refractivity (Wildman–Crippen MR) is 268 cm³/mol. The van der Waals surface area contributed by atoms with Crippen LogP contribution in [0.4, 0.5) is 0 Å². The molecule has 0 aromatic heterocycles. The van der Waals surface area contributed by atoms with E-state index in [9.17, 15) is 39.3 Å². The number of aliphatic hydroxyl groups is 3. The number of ketones is 1. The van der Waals surface area contributed by atoms with Crippen LogP contribution in [0.2, 0.25) is 0 Å². The number of esters is 3. The first-order valence-electron chi connectivity index (χ1n) is 26.4. The van der Waals surface area contributed by atoms with Crippen molar-refractivity contribution in [1.82, 2.24) is 4.90 Å². The summed E-state index contributed by atoms with van der Waals surface area (Å²) in [6, 6.07) is -0.810. The van der Waals surface area contributed by atoms with E-state index in [0.717, 1.165) is 6.29 Å². The Morgan fingerprint density at radius 1 is 0.865 bits per heavy atom. The van der Waals surface area contributed by atoms with Crippen molar-refractivity contribution in [3.05, 3.63) is 23.8 Å². The average molecular weight is 1060 g/mol. The number of rotatable bonds is 18. The summed E-state index contributed by atoms with van der Waals surface area (Å²) in [6.45, 7) is 19.2. The van der Waals surface area contributed by atoms with Gasteiger partial charge in [-0.05, 0) is 79.5 Å². The van der Waals surface area contributed by atoms with Gasteiger partial charge in [0.1, 0.15) is 54.6 Å². The SMILES string of the molecule is CCC(=O)O[C@@H]1CC(=O)O[C@@H](CC)C(COC2OC(C)C(O)C(OC)C2OC)C=C(C)C=CC(=O)[C@H](C)C[C@H](CC=O)[C@H](OC2OC(C)C(OC3CC(C)(O)C(OC(=O)CC(C)C)C(C)O3)C(N(C)C)C2O)[C@H]1C. The van der Waals surface area contributed by atoms with Crippen molar-refractivity contribution in [2.45, 2.75) is 225 Å². The molecule has 3 N–H and O–H groups in total. The molecule has 424 valence electrons. The van der Waals surface area contributed by atoms with Crippen LogP contribution in [-0.4, -0.2) is 189 Å². The lowest BCUT2D eigenvalue weighted by Gasteiger charge is -2.50. The van der Waals surface area contributed by atoms with Crippen molar-refractivity contribution in [3.8, 4) is 0 Å². The Bertz CT molecular complexity index is 1870. The third kappa shape index (κ3) is 16.9. The molecule has 4 aliphatic rings. The molecule has 0 aliphatic carbocycles. The van der Waals surface area contributed by atoms with Gasteiger partial charge in [0.25, 0.3) is 0 Å². The smallest absolute Gasteiger partial charge is 0.309 e. The fourth-order valence-electron chi connectivity index (χ4n) is 10.6. The maximum Gasteiger partial charge on any atom is 0.309 e. The Morgan fingerprint density at radius 2 is 1.53 bits per heavy atom. The van der Waals surface area contributed by atoms with Crippen LogP contribution in [-0.2, 0) is 76.1 Å². The molecule has 0 bridgehead atoms. The molecule has 3 fully saturated rings. The van der Waals surface area contributed by atoms with Crippen molar-refractivity contribution in [1.29, 1.82) is 0 Å². The van der Waals surface area contributed by atoms with Gasteiger partial charge in [-0.3, -0.25) is 19.2 Å². The van der Waals surface area contributed by atoms with Crippen molar-refractivity contribution < 1.29 is 91.4 Å². The second kappa shape index (κ2) is 28.9. The van der Waals surface area contributed by atoms with Gasteiger partial charge in [0.2, 0.25) is 0 Å². The molecule has 4 aliphatic heterocycles. The summed E-state index contributed by atoms with van der Waals surface area (Å²) in [5, 5.41) is 34.6. The summed E-state index contributed by atoms with van der Waals surface area (Å²) in [7, 11) is 6.42. The summed E-state index contributed by atoms with van der Waals surface area (Å²) in [5.41, 5.74) is -0.864. The zero-order valence-corrected chi connectivity index (χ0v) is 46.4. The van der Waals surface area contributed by atoms with E-state index in [0.29, 0.717) is 12.0 Å². The highest BCUT2D eigenvalue weighted by Gasteiger charge is 2.53. The molecule has 0 aromatic rings. The molecule has 0 radical (unpaired) electrons. The van der Waals surface area contributed by atoms with E-state index >= 15 is 0 Å². The second-order valence-corrected chi connectivity index (χ2v) is 21.6. The first-order valence-corrected chi connectivity index (χ1v) is 26.4. The molecule has 15 unspecified atom stereocenters. The van der Waals surface area contributed by atoms with Crippen LogP contribution in [0, 0.1) is 29.6 Å². The Kier molecular flexibility index (Phi) is 24.7. The molecule has 4 heterocycles. The number of nitrogens with zero attached hydrogens (tertiary/aromatic N) is 1. The number of aldehydes is 1. The highest BCUT2D eigenvalue weighted by Crippen LogP contribution is 2.39. The number of allylic oxidation sites excluding steroid dienone is 3. The normalized spacial score (nSPS) is 40.1. The van der Waals surface area contributed by atoms with Crippen LogP contribution < -0.4 is 0 Å². The maximum atomic E-state index is 14.3. The fourth-order valence-corrected chi connectivity index (χ4v) is 10.6. The summed E-state index contributed by atoms with van der Waals surface area (Å²) in [5.74, 6) is -4.78. The molecule has 0 saturated carbocycles. The van der Waals surface area contributed by atoms with Crippen molar-refractivity contribution in [2.24, 2.45) is 29.6 Å². The zero-order valence-electron chi connectivity index (χ0n) is 46.4. The van der Waals surface area contributed by atoms with Crippen LogP contribution in [0.1, 0.15) is 121 Å². The van der Waals surface area contributed by atoms with Gasteiger partial charge in [0.05, 0.1) is 43.5 Å². The van der Waals surface area contributed by atoms with Crippen molar-refractivity contribution >= 4 is 30.0 Å². The largest absolute Gasteiger partial charge is 0.462 e. The van der Waals surface area contributed by atoms with Crippen LogP contribution in [0.15, 0.2) is 23.8 Å². The van der Waals surface area contributed by atoms with Gasteiger partial charge < -0.3 is 77.1 Å². The Hall–Kier alpha value is -3.25. The zero-order chi connectivity index (χ0) is 55.4. The number of cyclic esters (lactones) is 1. The maximum absolute atomic E-state index is 14.3. The molecule has 21 atom stereocenters. The number of carbonyl (C=O) groups is 5. The van der Waals surface area contributed by atoms with Gasteiger partial charge in [-0.15, -0.1) is 0 Å². The number of methoxy groups -OCH3 is 2. The van der Waals surface area contributed by atoms with Gasteiger partial charge >= 0.3 is 17.9 Å². The number of likely N-dealkylation sites (N-methyl/N-ethyl adjacent to an activating group) is 1. The molecule has 4 rings (SSSR count). The van der Waals surface area contributed by atoms with E-state index < -0.39 is 152 Å². The monoisotopic (exact) mass is 1060 g/mol. The highest BCUT2D eigenvalue weighted by molar-refractivity contribution is 5.91. The molecule has 0 spiro atoms. The molecule has 0 amide bonds. The summed E-state index contributed by atoms with van der Waals surface area (Å²) >= 11 is 0. The minimum absolute atomic E-state index is 0.0253. The van der Waals surface area contributed by atoms with Gasteiger partial charge in [0.15, 0.2) is 30.8 Å². The van der Waals surface area contributed by atoms with Gasteiger partial charge in [-0.25, -0.2) is 0 Å². The third-order valence-corrected chi connectivity index (χ3v) is 14.7. The van der Waals surface area contributed by atoms with Gasteiger partial charge in [-0.1, -0.05) is 59.3 Å². The molecule has 3 saturated heterocycles. The lowest BCUT2D eigenvalue weighted by molar-refractivity contribution is -0.342. The summed E-state index contributed by atoms with van der Waals surface area (Å²) < 4.78 is 67.6. The summed E-state index contributed by atoms with van der Waals surface area (Å²) in [4.78, 5) is 68.4. The van der Waals surface area contributed by atoms with Gasteiger partial charge in [-0.2, -0.15) is 0 Å². The lowest BCUT2D eigenvalue weighted by Crippen LogP contribution is -2.65. The number of hydrogen-bond donors (Lipinski definition) is 3. The molecular formula is C54H89NO19. The Labute approximate surface area is 438 Å². The first-order chi connectivity index (χ1) is 34.8. The lowest BCUT2D eigenvalue weighted by atomic mass is 9.79. The molecule has 0 aromatic carbocycles. The van der Waals surface area contributed by atoms with Crippen LogP contribution in [0.25, 0.3) is 0 Å². The van der Waals surface area contributed by atoms with Crippen LogP contribution in [0.3, 0.4) is 0 Å². The minimum atomic E-state index is -1.53. The number of carbonyl (C=O) groups excluding carboxylic acids is 5. The van der Waals surface area contributed by atoms with E-state index in [2.05, 4.69) is 0 Å². The van der Waals surface area contributed by atoms with E-state index in [1.54, 1.807) is 80.5 Å². The highest BCUT2D eigenvalue weighted by atomic mass is 16.7. The molecule has 74 heavy (non-hydrogen) atoms. The molecule has 20 nitrogen and oxygen atoms in total. The standard InChI is InChI=1S/C54H89NO19/c1-16-38-36(27-66-53-50(65-15)49(64-14)45(61)32(8)68-53)23-29(5)18-19-37(57)30(6)24-35(20-21-56)47(31(7)39(25-42(60)70-38)71-40(58)17-2)74-52-46(62)44(55(12)13)48(33(9)69-52)73-43-26-54(11,63)51(34(10)67-43)72-41(59)22-28(3)4/h18-19,21,23,28,30-36,38-39,43-53,61-63H,16-17,20,22,24-27H2,1-15H3/t30-,31+,32?,33?,34?,35+,36?,38+,39-,43?,44?,45?,46?,47-,48?,49?,50?,51?,52?,53?,54?/m1/s1. The second-order valence-electron chi connectivity index (χ2n) is 21.6. The minimum Gasteiger partial charge on any atom is -0.462 e. The topological polar surface area (TPSA) is 251 Å². The van der Waals surface area contributed by atoms with E-state index in [-0.39, 0.29) is 50.4 Å². The third-order valence-electron chi connectivity index (χ3n) is 14.7. The quantitative estimate of drug-likeness (QED) is 0.0978. The van der Waals surface area contributed by atoms with E-state index in [1.807, 2.05) is 26.8 Å². The summed E-state index contributed by atoms with van der Waals surface area (Å²) in [6.07, 6.45) is -8.67. The van der Waals surface area contributed by atoms with Gasteiger partial charge in [0, 0.05) is 57.7 Å². The van der Waals surface area contributed by atoms with Crippen LogP contribution in [0.5, 0.6) is 0 Å². The average Bonchev–Trinajstić information content (AvgIpc) is 3.32. The Morgan fingerprint density at radius 3 is 2.11 bits per heavy atom. The first kappa shape index (κ1) is 63.3. The fraction of sp³-hybridized carbons (Fsp3) is 0.833. The van der Waals surface area contributed by atoms with E-state index in [4.69, 9.17) is 52.1 Å². The Balaban J connectivity index is 1.68. The number of ether oxygens (including phenoxy) is 11. The van der Waals surface area contributed by atoms with Crippen molar-refractivity contribution in [2.75, 3.05) is 34.9 Å². The van der Waals surface area contributed by atoms with Crippen LogP contribution >= 0.6 is 0 Å². The number of hydrogen-bond acceptors (Lipinski definition) is 20. The molecule has 20 heteroatoms. The van der Waals surface area contributed by atoms with E-state index in [1.165, 1.54) is 20.3 Å². The van der Waals surface area contributed by atoms with Crippen molar-refractivity contribution in [3.63, 3.8) is 0 Å².